The van der Waals surface area contributed by atoms with E-state index in [0.29, 0.717) is 18.3 Å². The van der Waals surface area contributed by atoms with E-state index in [2.05, 4.69) is 14.1 Å². The third-order valence-electron chi connectivity index (χ3n) is 6.30. The average molecular weight is 461 g/mol. The molecule has 0 saturated heterocycles. The lowest BCUT2D eigenvalue weighted by atomic mass is 9.44. The van der Waals surface area contributed by atoms with Crippen molar-refractivity contribution in [1.82, 2.24) is 0 Å². The topological polar surface area (TPSA) is 114 Å². The number of esters is 2. The minimum Gasteiger partial charge on any atom is -0.691 e. The third kappa shape index (κ3) is 4.54. The SMILES string of the molecule is O=C(COC(=O)C(F)(SOO[O-])C(F)(F)F)OCC12CC3CC(CC(CO)(C3)C1)C2. The Balaban J connectivity index is 1.53. The second-order valence-electron chi connectivity index (χ2n) is 8.67. The number of rotatable bonds is 9. The molecule has 30 heavy (non-hydrogen) atoms. The zero-order chi connectivity index (χ0) is 22.2. The lowest BCUT2D eigenvalue weighted by Crippen LogP contribution is -2.55. The molecule has 8 nitrogen and oxygen atoms in total. The molecule has 4 aliphatic carbocycles. The van der Waals surface area contributed by atoms with Crippen molar-refractivity contribution in [1.29, 1.82) is 0 Å². The number of carbonyl (C=O) groups is 2. The zero-order valence-corrected chi connectivity index (χ0v) is 16.6. The molecular weight excluding hydrogens is 440 g/mol. The maximum absolute atomic E-state index is 13.9. The van der Waals surface area contributed by atoms with Crippen LogP contribution in [0.4, 0.5) is 17.6 Å². The Labute approximate surface area is 173 Å². The van der Waals surface area contributed by atoms with Gasteiger partial charge in [0.15, 0.2) is 6.61 Å². The van der Waals surface area contributed by atoms with Gasteiger partial charge in [0.1, 0.15) is 0 Å². The van der Waals surface area contributed by atoms with Crippen LogP contribution in [0.25, 0.3) is 0 Å². The van der Waals surface area contributed by atoms with Crippen molar-refractivity contribution in [2.24, 2.45) is 22.7 Å². The maximum Gasteiger partial charge on any atom is 0.446 e. The van der Waals surface area contributed by atoms with E-state index < -0.39 is 41.8 Å². The molecule has 4 saturated carbocycles. The van der Waals surface area contributed by atoms with Gasteiger partial charge < -0.3 is 19.8 Å². The van der Waals surface area contributed by atoms with Gasteiger partial charge in [-0.05, 0) is 55.8 Å². The smallest absolute Gasteiger partial charge is 0.446 e. The Morgan fingerprint density at radius 1 is 1.07 bits per heavy atom. The van der Waals surface area contributed by atoms with Crippen LogP contribution in [0.5, 0.6) is 0 Å². The number of hydrogen-bond acceptors (Lipinski definition) is 9. The first-order chi connectivity index (χ1) is 14.0. The van der Waals surface area contributed by atoms with Crippen LogP contribution >= 0.6 is 12.0 Å². The average Bonchev–Trinajstić information content (AvgIpc) is 2.66. The molecule has 172 valence electrons. The molecule has 1 N–H and O–H groups in total. The Morgan fingerprint density at radius 3 is 2.20 bits per heavy atom. The lowest BCUT2D eigenvalue weighted by Gasteiger charge is -2.61. The summed E-state index contributed by atoms with van der Waals surface area (Å²) in [7, 11) is 0. The number of carbonyl (C=O) groups excluding carboxylic acids is 2. The largest absolute Gasteiger partial charge is 0.691 e. The van der Waals surface area contributed by atoms with Gasteiger partial charge in [-0.2, -0.15) is 17.5 Å². The second-order valence-corrected chi connectivity index (χ2v) is 9.53. The summed E-state index contributed by atoms with van der Waals surface area (Å²) >= 11 is -1.23. The molecule has 3 atom stereocenters. The molecule has 4 rings (SSSR count). The summed E-state index contributed by atoms with van der Waals surface area (Å²) in [6.07, 6.45) is -0.549. The molecule has 4 aliphatic rings. The standard InChI is InChI=1S/C17H22F4O8S/c18-16(17(19,20)21,30-29-28-25)13(24)26-6-12(23)27-9-15-4-10-1-11(5-15)3-14(2-10,7-15)8-22/h10-11,22,25H,1-9H2/p-1. The van der Waals surface area contributed by atoms with E-state index in [4.69, 9.17) is 4.74 Å². The van der Waals surface area contributed by atoms with Gasteiger partial charge in [0.2, 0.25) is 0 Å². The molecule has 4 bridgehead atoms. The number of aliphatic hydroxyl groups excluding tert-OH is 1. The fourth-order valence-electron chi connectivity index (χ4n) is 5.75. The highest BCUT2D eigenvalue weighted by atomic mass is 32.2. The quantitative estimate of drug-likeness (QED) is 0.180. The van der Waals surface area contributed by atoms with Gasteiger partial charge in [0, 0.05) is 12.0 Å². The summed E-state index contributed by atoms with van der Waals surface area (Å²) in [6.45, 7) is -1.20. The van der Waals surface area contributed by atoms with Crippen molar-refractivity contribution in [2.75, 3.05) is 19.8 Å². The Bertz CT molecular complexity index is 661. The summed E-state index contributed by atoms with van der Waals surface area (Å²) in [5, 5.41) is 17.4. The van der Waals surface area contributed by atoms with E-state index in [1.54, 1.807) is 0 Å². The van der Waals surface area contributed by atoms with Gasteiger partial charge in [-0.15, -0.1) is 0 Å². The van der Waals surface area contributed by atoms with Crippen molar-refractivity contribution in [3.05, 3.63) is 0 Å². The first-order valence-corrected chi connectivity index (χ1v) is 10.0. The molecule has 0 radical (unpaired) electrons. The van der Waals surface area contributed by atoms with Crippen LogP contribution in [0.2, 0.25) is 0 Å². The van der Waals surface area contributed by atoms with Gasteiger partial charge in [-0.1, -0.05) is 0 Å². The summed E-state index contributed by atoms with van der Waals surface area (Å²) < 4.78 is 64.8. The van der Waals surface area contributed by atoms with Crippen LogP contribution in [0.1, 0.15) is 38.5 Å². The second kappa shape index (κ2) is 8.41. The first kappa shape index (κ1) is 23.5. The Kier molecular flexibility index (Phi) is 6.59. The summed E-state index contributed by atoms with van der Waals surface area (Å²) in [4.78, 5) is 23.4. The molecule has 0 aromatic carbocycles. The molecule has 3 unspecified atom stereocenters. The highest BCUT2D eigenvalue weighted by Crippen LogP contribution is 2.65. The van der Waals surface area contributed by atoms with E-state index in [0.717, 1.165) is 32.1 Å². The maximum atomic E-state index is 13.9. The Morgan fingerprint density at radius 2 is 1.67 bits per heavy atom. The Hall–Kier alpha value is -1.15. The predicted molar refractivity (Wildman–Crippen MR) is 88.2 cm³/mol. The fraction of sp³-hybridized carbons (Fsp3) is 0.882. The summed E-state index contributed by atoms with van der Waals surface area (Å²) in [5.74, 6) is -2.76. The molecule has 0 aromatic rings. The normalized spacial score (nSPS) is 34.5. The van der Waals surface area contributed by atoms with Crippen molar-refractivity contribution < 1.29 is 56.4 Å². The van der Waals surface area contributed by atoms with Crippen molar-refractivity contribution in [3.8, 4) is 0 Å². The van der Waals surface area contributed by atoms with Gasteiger partial charge in [-0.3, -0.25) is 5.04 Å². The van der Waals surface area contributed by atoms with E-state index in [-0.39, 0.29) is 24.0 Å². The monoisotopic (exact) mass is 461 g/mol. The molecule has 4 fully saturated rings. The van der Waals surface area contributed by atoms with Gasteiger partial charge in [0.25, 0.3) is 0 Å². The van der Waals surface area contributed by atoms with Crippen molar-refractivity contribution >= 4 is 24.0 Å². The van der Waals surface area contributed by atoms with Crippen LogP contribution in [0.3, 0.4) is 0 Å². The van der Waals surface area contributed by atoms with E-state index in [9.17, 15) is 37.5 Å². The van der Waals surface area contributed by atoms with Gasteiger partial charge >= 0.3 is 23.1 Å². The van der Waals surface area contributed by atoms with Crippen molar-refractivity contribution in [2.45, 2.75) is 49.7 Å². The van der Waals surface area contributed by atoms with Gasteiger partial charge in [0.05, 0.1) is 18.6 Å². The molecule has 0 amide bonds. The number of halogens is 4. The third-order valence-corrected chi connectivity index (χ3v) is 7.05. The number of ether oxygens (including phenoxy) is 2. The zero-order valence-electron chi connectivity index (χ0n) is 15.7. The number of alkyl halides is 4. The molecule has 0 spiro atoms. The minimum atomic E-state index is -5.80. The highest BCUT2D eigenvalue weighted by molar-refractivity contribution is 7.96. The van der Waals surface area contributed by atoms with Crippen LogP contribution in [0.15, 0.2) is 0 Å². The number of hydrogen-bond donors (Lipinski definition) is 1. The summed E-state index contributed by atoms with van der Waals surface area (Å²) in [5.41, 5.74) is -0.512. The van der Waals surface area contributed by atoms with Crippen LogP contribution in [0, 0.1) is 22.7 Å². The van der Waals surface area contributed by atoms with Crippen LogP contribution in [-0.2, 0) is 28.4 Å². The molecule has 13 heteroatoms. The molecule has 0 aromatic heterocycles. The number of aliphatic hydroxyl groups is 1. The van der Waals surface area contributed by atoms with Crippen molar-refractivity contribution in [3.63, 3.8) is 0 Å². The minimum absolute atomic E-state index is 0.0138. The van der Waals surface area contributed by atoms with E-state index >= 15 is 0 Å². The van der Waals surface area contributed by atoms with E-state index in [1.807, 2.05) is 0 Å². The molecular formula is C17H21F4O8S-. The molecule has 0 aliphatic heterocycles. The predicted octanol–water partition coefficient (Wildman–Crippen LogP) is 1.75. The molecule has 0 heterocycles. The first-order valence-electron chi connectivity index (χ1n) is 9.30. The highest BCUT2D eigenvalue weighted by Gasteiger charge is 2.66. The summed E-state index contributed by atoms with van der Waals surface area (Å²) in [6, 6.07) is 0. The lowest BCUT2D eigenvalue weighted by molar-refractivity contribution is -0.777. The van der Waals surface area contributed by atoms with Crippen LogP contribution < -0.4 is 5.26 Å². The fourth-order valence-corrected chi connectivity index (χ4v) is 6.10. The van der Waals surface area contributed by atoms with Gasteiger partial charge in [-0.25, -0.2) is 14.0 Å². The van der Waals surface area contributed by atoms with Crippen LogP contribution in [-0.4, -0.2) is 48.0 Å². The van der Waals surface area contributed by atoms with E-state index in [1.165, 1.54) is 0 Å².